The molecule has 0 radical (unpaired) electrons. The Hall–Kier alpha value is -0.910. The van der Waals surface area contributed by atoms with Gasteiger partial charge in [-0.25, -0.2) is 4.99 Å². The molecule has 0 amide bonds. The molecule has 0 spiro atoms. The molecule has 0 unspecified atom stereocenters. The van der Waals surface area contributed by atoms with Crippen LogP contribution in [0.2, 0.25) is 0 Å². The van der Waals surface area contributed by atoms with Crippen molar-refractivity contribution in [2.24, 2.45) is 4.99 Å². The first kappa shape index (κ1) is 12.2. The molecule has 1 rings (SSSR count). The van der Waals surface area contributed by atoms with Gasteiger partial charge in [0.2, 0.25) is 0 Å². The average Bonchev–Trinajstić information content (AvgIpc) is 2.17. The molecule has 1 N–H and O–H groups in total. The van der Waals surface area contributed by atoms with Crippen LogP contribution in [0.3, 0.4) is 0 Å². The van der Waals surface area contributed by atoms with E-state index in [9.17, 15) is 8.42 Å². The lowest BCUT2D eigenvalue weighted by atomic mass is 10.3. The Labute approximate surface area is 93.4 Å². The largest absolute Gasteiger partial charge is 0.294 e. The van der Waals surface area contributed by atoms with E-state index in [2.05, 4.69) is 4.99 Å². The molecule has 0 saturated heterocycles. The van der Waals surface area contributed by atoms with Gasteiger partial charge in [0.15, 0.2) is 0 Å². The highest BCUT2D eigenvalue weighted by molar-refractivity contribution is 7.85. The van der Waals surface area contributed by atoms with Crippen molar-refractivity contribution in [1.29, 1.82) is 0 Å². The summed E-state index contributed by atoms with van der Waals surface area (Å²) in [5.74, 6) is 0. The maximum atomic E-state index is 10.7. The van der Waals surface area contributed by atoms with Gasteiger partial charge in [0.1, 0.15) is 5.17 Å². The van der Waals surface area contributed by atoms with Crippen LogP contribution in [0.5, 0.6) is 0 Å². The molecule has 0 atom stereocenters. The van der Waals surface area contributed by atoms with Gasteiger partial charge in [-0.1, -0.05) is 18.5 Å². The van der Waals surface area contributed by atoms with Crippen molar-refractivity contribution in [2.45, 2.75) is 18.2 Å². The van der Waals surface area contributed by atoms with E-state index < -0.39 is 10.1 Å². The highest BCUT2D eigenvalue weighted by Gasteiger charge is 2.07. The van der Waals surface area contributed by atoms with E-state index in [1.54, 1.807) is 0 Å². The van der Waals surface area contributed by atoms with E-state index in [-0.39, 0.29) is 4.90 Å². The third-order valence-corrected chi connectivity index (χ3v) is 2.90. The Morgan fingerprint density at radius 1 is 1.40 bits per heavy atom. The molecule has 0 fully saturated rings. The highest BCUT2D eigenvalue weighted by Crippen LogP contribution is 2.17. The molecule has 0 bridgehead atoms. The Kier molecular flexibility index (Phi) is 3.84. The first-order valence-corrected chi connectivity index (χ1v) is 6.06. The van der Waals surface area contributed by atoms with Crippen molar-refractivity contribution in [2.75, 3.05) is 0 Å². The normalized spacial score (nSPS) is 12.9. The molecule has 1 aromatic rings. The van der Waals surface area contributed by atoms with Gasteiger partial charge in [-0.15, -0.1) is 0 Å². The van der Waals surface area contributed by atoms with Crippen molar-refractivity contribution in [3.63, 3.8) is 0 Å². The Morgan fingerprint density at radius 2 is 1.93 bits per heavy atom. The Bertz CT molecular complexity index is 465. The van der Waals surface area contributed by atoms with Crippen molar-refractivity contribution in [3.05, 3.63) is 24.3 Å². The minimum Gasteiger partial charge on any atom is -0.282 e. The van der Waals surface area contributed by atoms with Gasteiger partial charge in [-0.3, -0.25) is 4.55 Å². The van der Waals surface area contributed by atoms with E-state index in [1.165, 1.54) is 24.3 Å². The first-order valence-electron chi connectivity index (χ1n) is 4.24. The quantitative estimate of drug-likeness (QED) is 0.660. The van der Waals surface area contributed by atoms with E-state index in [1.807, 2.05) is 6.92 Å². The average molecular weight is 248 g/mol. The van der Waals surface area contributed by atoms with Crippen molar-refractivity contribution in [1.82, 2.24) is 0 Å². The third kappa shape index (κ3) is 3.62. The number of halogens is 1. The highest BCUT2D eigenvalue weighted by atomic mass is 35.5. The topological polar surface area (TPSA) is 66.7 Å². The van der Waals surface area contributed by atoms with Crippen LogP contribution < -0.4 is 0 Å². The molecule has 0 aliphatic rings. The Morgan fingerprint density at radius 3 is 2.33 bits per heavy atom. The number of benzene rings is 1. The second-order valence-electron chi connectivity index (χ2n) is 2.81. The van der Waals surface area contributed by atoms with Crippen LogP contribution in [-0.2, 0) is 10.1 Å². The molecule has 0 aliphatic heterocycles. The molecule has 0 heterocycles. The number of aliphatic imine (C=N–C) groups is 1. The van der Waals surface area contributed by atoms with Gasteiger partial charge in [0, 0.05) is 0 Å². The van der Waals surface area contributed by atoms with Crippen LogP contribution in [0.25, 0.3) is 0 Å². The van der Waals surface area contributed by atoms with Crippen LogP contribution in [0.4, 0.5) is 5.69 Å². The molecular weight excluding hydrogens is 238 g/mol. The number of hydrogen-bond acceptors (Lipinski definition) is 3. The predicted octanol–water partition coefficient (Wildman–Crippen LogP) is 2.61. The summed E-state index contributed by atoms with van der Waals surface area (Å²) in [7, 11) is -4.14. The van der Waals surface area contributed by atoms with Gasteiger partial charge >= 0.3 is 0 Å². The summed E-state index contributed by atoms with van der Waals surface area (Å²) >= 11 is 5.71. The molecule has 0 aliphatic carbocycles. The molecule has 82 valence electrons. The maximum absolute atomic E-state index is 10.7. The fourth-order valence-electron chi connectivity index (χ4n) is 0.912. The summed E-state index contributed by atoms with van der Waals surface area (Å²) in [6, 6.07) is 5.49. The van der Waals surface area contributed by atoms with Crippen molar-refractivity contribution in [3.8, 4) is 0 Å². The molecule has 0 saturated carbocycles. The number of nitrogens with zero attached hydrogens (tertiary/aromatic N) is 1. The summed E-state index contributed by atoms with van der Waals surface area (Å²) in [5.41, 5.74) is 0.550. The number of hydrogen-bond donors (Lipinski definition) is 1. The number of rotatable bonds is 3. The third-order valence-electron chi connectivity index (χ3n) is 1.68. The van der Waals surface area contributed by atoms with Crippen LogP contribution in [0.15, 0.2) is 34.2 Å². The zero-order chi connectivity index (χ0) is 11.5. The van der Waals surface area contributed by atoms with E-state index in [0.717, 1.165) is 0 Å². The lowest BCUT2D eigenvalue weighted by molar-refractivity contribution is 0.483. The van der Waals surface area contributed by atoms with E-state index in [0.29, 0.717) is 17.3 Å². The zero-order valence-electron chi connectivity index (χ0n) is 8.01. The smallest absolute Gasteiger partial charge is 0.282 e. The molecule has 6 heteroatoms. The minimum atomic E-state index is -4.14. The second kappa shape index (κ2) is 4.74. The molecule has 15 heavy (non-hydrogen) atoms. The molecule has 0 aromatic heterocycles. The lowest BCUT2D eigenvalue weighted by Crippen LogP contribution is -1.96. The van der Waals surface area contributed by atoms with Gasteiger partial charge in [-0.2, -0.15) is 8.42 Å². The van der Waals surface area contributed by atoms with Gasteiger partial charge in [0.25, 0.3) is 10.1 Å². The summed E-state index contributed by atoms with van der Waals surface area (Å²) in [5, 5.41) is 0.439. The van der Waals surface area contributed by atoms with Crippen molar-refractivity contribution < 1.29 is 13.0 Å². The minimum absolute atomic E-state index is 0.158. The van der Waals surface area contributed by atoms with Crippen LogP contribution >= 0.6 is 11.6 Å². The Balaban J connectivity index is 3.01. The molecule has 1 aromatic carbocycles. The van der Waals surface area contributed by atoms with Gasteiger partial charge in [0.05, 0.1) is 10.6 Å². The monoisotopic (exact) mass is 247 g/mol. The van der Waals surface area contributed by atoms with Gasteiger partial charge < -0.3 is 0 Å². The fraction of sp³-hybridized carbons (Fsp3) is 0.222. The van der Waals surface area contributed by atoms with Crippen LogP contribution in [0, 0.1) is 0 Å². The standard InChI is InChI=1S/C9H10ClNO3S/c1-2-9(10)11-7-3-5-8(6-4-7)15(12,13)14/h3-6H,2H2,1H3,(H,12,13,14). The zero-order valence-corrected chi connectivity index (χ0v) is 9.59. The predicted molar refractivity (Wildman–Crippen MR) is 59.5 cm³/mol. The fourth-order valence-corrected chi connectivity index (χ4v) is 1.49. The molecular formula is C9H10ClNO3S. The SMILES string of the molecule is CCC(Cl)=Nc1ccc(S(=O)(=O)O)cc1. The summed E-state index contributed by atoms with van der Waals surface area (Å²) in [6.07, 6.45) is 0.613. The summed E-state index contributed by atoms with van der Waals surface area (Å²) < 4.78 is 30.2. The van der Waals surface area contributed by atoms with Crippen molar-refractivity contribution >= 4 is 32.6 Å². The van der Waals surface area contributed by atoms with E-state index in [4.69, 9.17) is 16.2 Å². The van der Waals surface area contributed by atoms with Crippen LogP contribution in [-0.4, -0.2) is 18.1 Å². The van der Waals surface area contributed by atoms with E-state index >= 15 is 0 Å². The maximum Gasteiger partial charge on any atom is 0.294 e. The lowest BCUT2D eigenvalue weighted by Gasteiger charge is -1.98. The van der Waals surface area contributed by atoms with Crippen LogP contribution in [0.1, 0.15) is 13.3 Å². The first-order chi connectivity index (χ1) is 6.93. The summed E-state index contributed by atoms with van der Waals surface area (Å²) in [6.45, 7) is 1.86. The molecule has 4 nitrogen and oxygen atoms in total. The van der Waals surface area contributed by atoms with Gasteiger partial charge in [-0.05, 0) is 30.7 Å². The summed E-state index contributed by atoms with van der Waals surface area (Å²) in [4.78, 5) is 3.85. The second-order valence-corrected chi connectivity index (χ2v) is 4.67.